The molecule has 5 nitrogen and oxygen atoms in total. The van der Waals surface area contributed by atoms with Gasteiger partial charge in [-0.15, -0.1) is 0 Å². The second-order valence-corrected chi connectivity index (χ2v) is 4.35. The molecule has 0 saturated heterocycles. The van der Waals surface area contributed by atoms with Gasteiger partial charge in [0.1, 0.15) is 0 Å². The molecule has 3 aromatic rings. The number of nitrogens with zero attached hydrogens (tertiary/aromatic N) is 2. The van der Waals surface area contributed by atoms with Crippen LogP contribution >= 0.6 is 11.3 Å². The third kappa shape index (κ3) is 1.90. The van der Waals surface area contributed by atoms with Crippen LogP contribution in [0.1, 0.15) is 10.6 Å². The molecule has 3 rings (SSSR count). The lowest BCUT2D eigenvalue weighted by molar-refractivity contribution is 0.0988. The first-order valence-electron chi connectivity index (χ1n) is 4.90. The molecule has 2 heterocycles. The van der Waals surface area contributed by atoms with Gasteiger partial charge in [0, 0.05) is 6.07 Å². The molecule has 1 N–H and O–H groups in total. The summed E-state index contributed by atoms with van der Waals surface area (Å²) in [6.07, 6.45) is 1.42. The Hall–Kier alpha value is -2.21. The number of nitrogens with one attached hydrogen (secondary N) is 1. The molecule has 0 aliphatic carbocycles. The number of para-hydroxylation sites is 1. The first-order valence-corrected chi connectivity index (χ1v) is 5.72. The van der Waals surface area contributed by atoms with E-state index in [1.54, 1.807) is 0 Å². The van der Waals surface area contributed by atoms with Crippen LogP contribution < -0.4 is 5.32 Å². The van der Waals surface area contributed by atoms with Gasteiger partial charge in [-0.25, -0.2) is 4.98 Å². The Balaban J connectivity index is 1.88. The van der Waals surface area contributed by atoms with E-state index in [9.17, 15) is 4.79 Å². The first-order chi connectivity index (χ1) is 8.33. The number of aromatic nitrogens is 2. The molecular formula is C11H7N3O2S. The molecule has 2 aromatic heterocycles. The van der Waals surface area contributed by atoms with Crippen molar-refractivity contribution in [3.63, 3.8) is 0 Å². The van der Waals surface area contributed by atoms with Crippen molar-refractivity contribution in [1.82, 2.24) is 10.1 Å². The SMILES string of the molecule is O=C(Nc1nc2ccccc2s1)c1ccno1. The topological polar surface area (TPSA) is 68.0 Å². The Morgan fingerprint density at radius 2 is 2.18 bits per heavy atom. The molecular weight excluding hydrogens is 238 g/mol. The summed E-state index contributed by atoms with van der Waals surface area (Å²) in [6, 6.07) is 9.20. The minimum atomic E-state index is -0.346. The monoisotopic (exact) mass is 245 g/mol. The van der Waals surface area contributed by atoms with Crippen LogP contribution in [-0.4, -0.2) is 16.0 Å². The number of thiazole rings is 1. The van der Waals surface area contributed by atoms with E-state index in [0.717, 1.165) is 10.2 Å². The fraction of sp³-hybridized carbons (Fsp3) is 0. The number of carbonyl (C=O) groups is 1. The van der Waals surface area contributed by atoms with Crippen molar-refractivity contribution in [1.29, 1.82) is 0 Å². The van der Waals surface area contributed by atoms with Crippen LogP contribution in [0.3, 0.4) is 0 Å². The average Bonchev–Trinajstić information content (AvgIpc) is 2.97. The number of benzene rings is 1. The third-order valence-corrected chi connectivity index (χ3v) is 3.13. The summed E-state index contributed by atoms with van der Waals surface area (Å²) in [5.74, 6) is -0.175. The van der Waals surface area contributed by atoms with E-state index in [1.165, 1.54) is 23.6 Å². The summed E-state index contributed by atoms with van der Waals surface area (Å²) >= 11 is 1.42. The van der Waals surface area contributed by atoms with Gasteiger partial charge in [0.25, 0.3) is 5.91 Å². The Morgan fingerprint density at radius 1 is 1.29 bits per heavy atom. The highest BCUT2D eigenvalue weighted by Gasteiger charge is 2.12. The second-order valence-electron chi connectivity index (χ2n) is 3.32. The molecule has 0 saturated carbocycles. The summed E-state index contributed by atoms with van der Waals surface area (Å²) < 4.78 is 5.78. The number of fused-ring (bicyclic) bond motifs is 1. The molecule has 1 amide bonds. The van der Waals surface area contributed by atoms with Gasteiger partial charge in [0.05, 0.1) is 16.4 Å². The second kappa shape index (κ2) is 3.99. The van der Waals surface area contributed by atoms with E-state index in [2.05, 4.69) is 15.5 Å². The lowest BCUT2D eigenvalue weighted by atomic mass is 10.3. The van der Waals surface area contributed by atoms with Crippen molar-refractivity contribution in [2.24, 2.45) is 0 Å². The highest BCUT2D eigenvalue weighted by molar-refractivity contribution is 7.22. The predicted octanol–water partition coefficient (Wildman–Crippen LogP) is 2.54. The highest BCUT2D eigenvalue weighted by Crippen LogP contribution is 2.25. The molecule has 0 fully saturated rings. The van der Waals surface area contributed by atoms with Gasteiger partial charge in [-0.05, 0) is 12.1 Å². The smallest absolute Gasteiger partial charge is 0.296 e. The van der Waals surface area contributed by atoms with Crippen LogP contribution in [0.25, 0.3) is 10.2 Å². The summed E-state index contributed by atoms with van der Waals surface area (Å²) in [5, 5.41) is 6.69. The van der Waals surface area contributed by atoms with E-state index in [4.69, 9.17) is 4.52 Å². The highest BCUT2D eigenvalue weighted by atomic mass is 32.1. The summed E-state index contributed by atoms with van der Waals surface area (Å²) in [4.78, 5) is 16.0. The maximum absolute atomic E-state index is 11.7. The van der Waals surface area contributed by atoms with Gasteiger partial charge in [0.15, 0.2) is 5.13 Å². The van der Waals surface area contributed by atoms with Crippen molar-refractivity contribution in [2.45, 2.75) is 0 Å². The van der Waals surface area contributed by atoms with E-state index in [-0.39, 0.29) is 11.7 Å². The number of amides is 1. The summed E-state index contributed by atoms with van der Waals surface area (Å²) in [7, 11) is 0. The first kappa shape index (κ1) is 9.98. The summed E-state index contributed by atoms with van der Waals surface area (Å²) in [6.45, 7) is 0. The lowest BCUT2D eigenvalue weighted by Crippen LogP contribution is -2.10. The van der Waals surface area contributed by atoms with E-state index < -0.39 is 0 Å². The molecule has 0 aliphatic rings. The Labute approximate surface area is 100 Å². The van der Waals surface area contributed by atoms with Crippen LogP contribution in [0.2, 0.25) is 0 Å². The zero-order chi connectivity index (χ0) is 11.7. The van der Waals surface area contributed by atoms with Crippen LogP contribution in [0.4, 0.5) is 5.13 Å². The lowest BCUT2D eigenvalue weighted by Gasteiger charge is -1.95. The molecule has 0 spiro atoms. The van der Waals surface area contributed by atoms with Crippen molar-refractivity contribution in [2.75, 3.05) is 5.32 Å². The van der Waals surface area contributed by atoms with Gasteiger partial charge in [-0.2, -0.15) is 0 Å². The Kier molecular flexibility index (Phi) is 2.34. The molecule has 0 bridgehead atoms. The average molecular weight is 245 g/mol. The molecule has 0 radical (unpaired) electrons. The maximum Gasteiger partial charge on any atom is 0.296 e. The van der Waals surface area contributed by atoms with Gasteiger partial charge in [0.2, 0.25) is 5.76 Å². The van der Waals surface area contributed by atoms with Gasteiger partial charge in [-0.3, -0.25) is 10.1 Å². The molecule has 6 heteroatoms. The van der Waals surface area contributed by atoms with Gasteiger partial charge >= 0.3 is 0 Å². The van der Waals surface area contributed by atoms with E-state index >= 15 is 0 Å². The normalized spacial score (nSPS) is 10.6. The van der Waals surface area contributed by atoms with Gasteiger partial charge < -0.3 is 4.52 Å². The standard InChI is InChI=1S/C11H7N3O2S/c15-10(8-5-6-12-16-8)14-11-13-7-3-1-2-4-9(7)17-11/h1-6H,(H,13,14,15). The van der Waals surface area contributed by atoms with Crippen LogP contribution in [0.5, 0.6) is 0 Å². The minimum Gasteiger partial charge on any atom is -0.351 e. The van der Waals surface area contributed by atoms with Crippen molar-refractivity contribution >= 4 is 32.6 Å². The third-order valence-electron chi connectivity index (χ3n) is 2.18. The van der Waals surface area contributed by atoms with Crippen molar-refractivity contribution in [3.8, 4) is 0 Å². The zero-order valence-electron chi connectivity index (χ0n) is 8.58. The van der Waals surface area contributed by atoms with Crippen LogP contribution in [-0.2, 0) is 0 Å². The fourth-order valence-corrected chi connectivity index (χ4v) is 2.28. The van der Waals surface area contributed by atoms with Crippen molar-refractivity contribution in [3.05, 3.63) is 42.3 Å². The van der Waals surface area contributed by atoms with E-state index in [1.807, 2.05) is 24.3 Å². The predicted molar refractivity (Wildman–Crippen MR) is 64.1 cm³/mol. The minimum absolute atomic E-state index is 0.171. The van der Waals surface area contributed by atoms with E-state index in [0.29, 0.717) is 5.13 Å². The molecule has 17 heavy (non-hydrogen) atoms. The summed E-state index contributed by atoms with van der Waals surface area (Å²) in [5.41, 5.74) is 0.866. The number of anilines is 1. The maximum atomic E-state index is 11.7. The van der Waals surface area contributed by atoms with Crippen LogP contribution in [0, 0.1) is 0 Å². The zero-order valence-corrected chi connectivity index (χ0v) is 9.40. The molecule has 84 valence electrons. The molecule has 0 unspecified atom stereocenters. The number of hydrogen-bond donors (Lipinski definition) is 1. The number of rotatable bonds is 2. The molecule has 0 aliphatic heterocycles. The number of hydrogen-bond acceptors (Lipinski definition) is 5. The molecule has 1 aromatic carbocycles. The fourth-order valence-electron chi connectivity index (χ4n) is 1.42. The Bertz CT molecular complexity index is 627. The van der Waals surface area contributed by atoms with Crippen molar-refractivity contribution < 1.29 is 9.32 Å². The number of carbonyl (C=O) groups excluding carboxylic acids is 1. The van der Waals surface area contributed by atoms with Crippen LogP contribution in [0.15, 0.2) is 41.1 Å². The van der Waals surface area contributed by atoms with Gasteiger partial charge in [-0.1, -0.05) is 28.6 Å². The molecule has 0 atom stereocenters. The quantitative estimate of drug-likeness (QED) is 0.753. The Morgan fingerprint density at radius 3 is 2.94 bits per heavy atom. The largest absolute Gasteiger partial charge is 0.351 e.